The maximum atomic E-state index is 12.4. The number of H-pyrrole nitrogens is 2. The minimum atomic E-state index is -0.833. The number of methoxy groups -OCH3 is 2. The van der Waals surface area contributed by atoms with Gasteiger partial charge in [-0.3, -0.25) is 38.8 Å². The van der Waals surface area contributed by atoms with Crippen LogP contribution in [0.3, 0.4) is 0 Å². The summed E-state index contributed by atoms with van der Waals surface area (Å²) in [6, 6.07) is 17.8. The van der Waals surface area contributed by atoms with Crippen LogP contribution in [0.2, 0.25) is 0 Å². The van der Waals surface area contributed by atoms with E-state index in [2.05, 4.69) is 137 Å². The number of likely N-dealkylation sites (N-methyl/N-ethyl adjacent to an activating group) is 2. The van der Waals surface area contributed by atoms with Crippen LogP contribution < -0.4 is 39.5 Å². The monoisotopic (exact) mass is 1640 g/mol. The smallest absolute Gasteiger partial charge is 0.300 e. The number of aliphatic hydroxyl groups is 2. The molecule has 2 aromatic heterocycles. The predicted molar refractivity (Wildman–Crippen MR) is 443 cm³/mol. The van der Waals surface area contributed by atoms with Crippen LogP contribution in [0.5, 0.6) is 46.0 Å². The number of piperazine rings is 2. The van der Waals surface area contributed by atoms with Crippen LogP contribution in [0.4, 0.5) is 0 Å². The summed E-state index contributed by atoms with van der Waals surface area (Å²) in [7, 11) is 7.19. The maximum absolute atomic E-state index is 12.4. The second kappa shape index (κ2) is 33.6. The predicted octanol–water partition coefficient (Wildman–Crippen LogP) is 10.7. The van der Waals surface area contributed by atoms with Gasteiger partial charge in [-0.05, 0) is 200 Å². The van der Waals surface area contributed by atoms with Gasteiger partial charge in [0.25, 0.3) is 18.9 Å². The molecule has 27 nitrogen and oxygen atoms in total. The Hall–Kier alpha value is -9.76. The van der Waals surface area contributed by atoms with Gasteiger partial charge in [0.2, 0.25) is 13.6 Å². The van der Waals surface area contributed by atoms with Crippen LogP contribution in [0, 0.1) is 78.1 Å². The van der Waals surface area contributed by atoms with E-state index in [0.29, 0.717) is 78.9 Å². The van der Waals surface area contributed by atoms with Gasteiger partial charge in [0.05, 0.1) is 75.0 Å². The van der Waals surface area contributed by atoms with E-state index in [1.165, 1.54) is 44.8 Å². The standard InChI is InChI=1S/C43H49N5O7S.C31H35N3O7S.C12H16N2O.C2H4O2/c1-20-8-9-28-26(10-20)27-13-25(15-49)46-43(5,42(27)45-28)17-56-41-32-22(3)23(4)39-40(55-19-54-39)34(32)31(16-53-18-50)48-30(14-44)29-12-24-11-21(2)38(52-7)37(51)33(24)35(36(41)48)47(29)6;1-14-7-18-8-19-20(9-32)34-21(10-39-12-35)24-22(16(3)17(4)29-30(24)41-13-40-29)31(42-11-15(2)36)26(34)25(33(19)5)23(18)27(37)28(14)38-6;1-8-2-3-12-11(4-8)9(6-14-12)5-10(13)7-15;1-2(3)4/h8-11,18,25,29-31,35-36,41,45-46,49,51H,12-13,15-17,19H2,1-7H3;7,12,19-21,25-26,31,37H,8,10-11,13H2,1-6H3;2-4,6,10,14-15H,5,7,13H2,1H3;1H3,(H,3,4)/t25-,29+,30+,31+,35-,36-,41-,43-;19-,20-,21-,25+,26+,31+;10-;/m101./s1. The van der Waals surface area contributed by atoms with Gasteiger partial charge in [-0.25, -0.2) is 0 Å². The number of nitrogens with zero attached hydrogens (tertiary/aromatic N) is 6. The van der Waals surface area contributed by atoms with Gasteiger partial charge >= 0.3 is 0 Å². The molecule has 2 saturated heterocycles. The number of phenolic OH excluding ortho intramolecular Hbond substituents is 2. The fourth-order valence-electron chi connectivity index (χ4n) is 20.4. The Kier molecular flexibility index (Phi) is 24.0. The molecule has 0 spiro atoms. The highest BCUT2D eigenvalue weighted by molar-refractivity contribution is 8.00. The normalized spacial score (nSPS) is 25.6. The Balaban J connectivity index is 0.000000161. The first-order valence-corrected chi connectivity index (χ1v) is 41.5. The van der Waals surface area contributed by atoms with Crippen molar-refractivity contribution in [3.8, 4) is 58.1 Å². The van der Waals surface area contributed by atoms with Crippen molar-refractivity contribution in [3.05, 3.63) is 161 Å². The zero-order chi connectivity index (χ0) is 83.8. The molecule has 29 heteroatoms. The maximum Gasteiger partial charge on any atom is 0.300 e. The Morgan fingerprint density at radius 3 is 1.59 bits per heavy atom. The number of benzene rings is 6. The fourth-order valence-corrected chi connectivity index (χ4v) is 23.5. The van der Waals surface area contributed by atoms with Crippen molar-refractivity contribution in [1.82, 2.24) is 34.9 Å². The van der Waals surface area contributed by atoms with Gasteiger partial charge in [0.1, 0.15) is 31.1 Å². The van der Waals surface area contributed by atoms with E-state index in [4.69, 9.17) is 58.6 Å². The SMILES string of the molecule is CC(=O)O.COc1c(C)cc2c(c1O)[C@@H]1[C@@H]3[C@H](SCC(C)=O)c4c(C)c(C)c5c(c4[C@H](COC=O)N3[C@@H](C#N)[C@H](C2)N1C)OCO5.COc1c(C)cc2c(c1O)[C@@H]1[C@@H]3[C@H](SC[C@@]4(C)N[C@@H](CO)Cc5c4[nH]c4ccc(C)cc54)c4c(C)c(C)c5c(c4[C@H](COC=O)N3[C@@H](C#N)[C@H](C2)N1C)OCO5.Cc1ccc2[nH]cc(C[C@@H](N)CO)c2c1. The molecule has 0 aliphatic carbocycles. The number of aliphatic hydroxyl groups excluding tert-OH is 2. The van der Waals surface area contributed by atoms with Crippen molar-refractivity contribution < 1.29 is 82.6 Å². The number of nitrogens with two attached hydrogens (primary N) is 1. The molecule has 9 aliphatic rings. The number of hydrogen-bond donors (Lipinski definition) is 9. The number of aryl methyl sites for hydroxylation is 4. The largest absolute Gasteiger partial charge is 0.504 e. The number of carbonyl (C=O) groups is 4. The van der Waals surface area contributed by atoms with Crippen LogP contribution in [0.15, 0.2) is 54.7 Å². The lowest BCUT2D eigenvalue weighted by Crippen LogP contribution is -2.69. The van der Waals surface area contributed by atoms with Crippen molar-refractivity contribution in [2.45, 2.75) is 190 Å². The van der Waals surface area contributed by atoms with Crippen LogP contribution >= 0.6 is 23.5 Å². The molecule has 117 heavy (non-hydrogen) atoms. The third-order valence-corrected chi connectivity index (χ3v) is 28.5. The molecule has 10 N–H and O–H groups in total. The Morgan fingerprint density at radius 2 is 1.14 bits per heavy atom. The third-order valence-electron chi connectivity index (χ3n) is 25.5. The van der Waals surface area contributed by atoms with E-state index in [-0.39, 0.29) is 122 Å². The van der Waals surface area contributed by atoms with Crippen LogP contribution in [0.1, 0.15) is 161 Å². The molecule has 4 bridgehead atoms. The molecule has 8 aromatic rings. The number of fused-ring (bicyclic) bond motifs is 22. The lowest BCUT2D eigenvalue weighted by atomic mass is 9.71. The summed E-state index contributed by atoms with van der Waals surface area (Å²) in [4.78, 5) is 60.8. The molecule has 0 amide bonds. The van der Waals surface area contributed by atoms with E-state index >= 15 is 0 Å². The number of aromatic nitrogens is 2. The first-order valence-electron chi connectivity index (χ1n) is 39.4. The molecule has 15 atom stereocenters. The summed E-state index contributed by atoms with van der Waals surface area (Å²) in [5.74, 6) is 3.72. The number of carboxylic acids is 1. The molecule has 17 rings (SSSR count). The van der Waals surface area contributed by atoms with E-state index in [0.717, 1.165) is 102 Å². The number of aromatic amines is 2. The number of carboxylic acid groups (broad SMARTS) is 1. The first kappa shape index (κ1) is 83.7. The van der Waals surface area contributed by atoms with Crippen molar-refractivity contribution >= 4 is 70.0 Å². The average molecular weight is 1640 g/mol. The molecular weight excluding hydrogens is 1530 g/mol. The van der Waals surface area contributed by atoms with E-state index in [1.54, 1.807) is 32.9 Å². The third kappa shape index (κ3) is 14.4. The second-order valence-electron chi connectivity index (χ2n) is 32.5. The lowest BCUT2D eigenvalue weighted by molar-refractivity contribution is -0.135. The molecule has 0 radical (unpaired) electrons. The number of ether oxygens (including phenoxy) is 8. The summed E-state index contributed by atoms with van der Waals surface area (Å²) < 4.78 is 46.9. The van der Waals surface area contributed by atoms with Gasteiger partial charge in [0.15, 0.2) is 46.0 Å². The molecular formula is C88H104N10O17S2. The molecule has 11 heterocycles. The Labute approximate surface area is 688 Å². The number of aromatic hydroxyl groups is 2. The van der Waals surface area contributed by atoms with Gasteiger partial charge < -0.3 is 84.4 Å². The number of nitriles is 2. The van der Waals surface area contributed by atoms with Crippen molar-refractivity contribution in [2.24, 2.45) is 5.73 Å². The number of rotatable bonds is 18. The number of nitrogens with one attached hydrogen (secondary N) is 3. The topological polar surface area (TPSA) is 373 Å². The number of carbonyl (C=O) groups excluding carboxylic acids is 3. The highest BCUT2D eigenvalue weighted by atomic mass is 32.2. The lowest BCUT2D eigenvalue weighted by Gasteiger charge is -2.62. The van der Waals surface area contributed by atoms with E-state index in [1.807, 2.05) is 40.9 Å². The summed E-state index contributed by atoms with van der Waals surface area (Å²) >= 11 is 3.34. The van der Waals surface area contributed by atoms with Gasteiger partial charge in [0, 0.05) is 115 Å². The average Bonchev–Trinajstić information content (AvgIpc) is 1.54. The first-order chi connectivity index (χ1) is 56.0. The van der Waals surface area contributed by atoms with Crippen LogP contribution in [-0.2, 0) is 59.9 Å². The van der Waals surface area contributed by atoms with Crippen molar-refractivity contribution in [3.63, 3.8) is 0 Å². The Morgan fingerprint density at radius 1 is 0.667 bits per heavy atom. The molecule has 0 unspecified atom stereocenters. The van der Waals surface area contributed by atoms with Crippen molar-refractivity contribution in [2.75, 3.05) is 79.8 Å². The van der Waals surface area contributed by atoms with Crippen LogP contribution in [-0.4, -0.2) is 208 Å². The van der Waals surface area contributed by atoms with E-state index in [9.17, 15) is 40.2 Å². The zero-order valence-electron chi connectivity index (χ0n) is 68.6. The number of hydrogen-bond acceptors (Lipinski definition) is 26. The van der Waals surface area contributed by atoms with Gasteiger partial charge in [-0.1, -0.05) is 35.4 Å². The summed E-state index contributed by atoms with van der Waals surface area (Å²) in [5, 5.41) is 78.4. The molecule has 9 aliphatic heterocycles. The highest BCUT2D eigenvalue weighted by Crippen LogP contribution is 2.66. The number of ketones is 1. The summed E-state index contributed by atoms with van der Waals surface area (Å²) in [6.45, 7) is 22.2. The van der Waals surface area contributed by atoms with E-state index < -0.39 is 35.7 Å². The van der Waals surface area contributed by atoms with Gasteiger partial charge in [-0.2, -0.15) is 10.5 Å². The molecule has 2 fully saturated rings. The van der Waals surface area contributed by atoms with Gasteiger partial charge in [-0.15, -0.1) is 23.5 Å². The molecule has 6 aromatic carbocycles. The molecule has 0 saturated carbocycles. The Bertz CT molecular complexity index is 5320. The van der Waals surface area contributed by atoms with Crippen molar-refractivity contribution in [1.29, 1.82) is 10.5 Å². The van der Waals surface area contributed by atoms with Crippen LogP contribution in [0.25, 0.3) is 21.8 Å². The number of phenols is 2. The zero-order valence-corrected chi connectivity index (χ0v) is 70.3. The number of aliphatic carboxylic acids is 1. The second-order valence-corrected chi connectivity index (χ2v) is 34.8. The number of thioether (sulfide) groups is 2. The minimum absolute atomic E-state index is 0.00351. The summed E-state index contributed by atoms with van der Waals surface area (Å²) in [6.07, 6.45) is 4.48. The number of Topliss-reactive ketones (excluding diaryl/α,β-unsaturated/α-hetero) is 1. The fraction of sp³-hybridized carbons (Fsp3) is 0.477. The quantitative estimate of drug-likeness (QED) is 0.0360. The highest BCUT2D eigenvalue weighted by Gasteiger charge is 2.63. The summed E-state index contributed by atoms with van der Waals surface area (Å²) in [5.41, 5.74) is 26.2. The molecule has 620 valence electrons. The minimum Gasteiger partial charge on any atom is -0.504 e.